The van der Waals surface area contributed by atoms with Gasteiger partial charge in [-0.3, -0.25) is 4.79 Å². The molecule has 0 aliphatic rings. The number of nitrogens with two attached hydrogens (primary N) is 1. The molecule has 2 rings (SSSR count). The summed E-state index contributed by atoms with van der Waals surface area (Å²) in [6.45, 7) is 4.22. The van der Waals surface area contributed by atoms with Gasteiger partial charge in [0, 0.05) is 6.20 Å². The fraction of sp³-hybridized carbons (Fsp3) is 0.227. The first kappa shape index (κ1) is 21.5. The van der Waals surface area contributed by atoms with Crippen molar-refractivity contribution in [2.45, 2.75) is 26.7 Å². The Labute approximate surface area is 170 Å². The highest BCUT2D eigenvalue weighted by Gasteiger charge is 2.16. The number of ether oxygens (including phenoxy) is 1. The number of unbranched alkanes of at least 4 members (excludes halogenated alkanes) is 1. The van der Waals surface area contributed by atoms with Crippen LogP contribution in [0.2, 0.25) is 0 Å². The van der Waals surface area contributed by atoms with Gasteiger partial charge in [-0.05, 0) is 43.2 Å². The molecule has 2 aromatic rings. The van der Waals surface area contributed by atoms with Gasteiger partial charge in [-0.15, -0.1) is 0 Å². The first-order chi connectivity index (χ1) is 14.0. The minimum absolute atomic E-state index is 0.167. The van der Waals surface area contributed by atoms with Gasteiger partial charge in [0.25, 0.3) is 5.91 Å². The highest BCUT2D eigenvalue weighted by atomic mass is 16.5. The first-order valence-electron chi connectivity index (χ1n) is 9.26. The summed E-state index contributed by atoms with van der Waals surface area (Å²) in [6.07, 6.45) is 2.94. The Morgan fingerprint density at radius 3 is 2.66 bits per heavy atom. The summed E-state index contributed by atoms with van der Waals surface area (Å²) in [7, 11) is 0. The van der Waals surface area contributed by atoms with Crippen LogP contribution in [-0.4, -0.2) is 18.5 Å². The van der Waals surface area contributed by atoms with Gasteiger partial charge < -0.3 is 21.1 Å². The molecule has 1 amide bonds. The molecule has 4 N–H and O–H groups in total. The Bertz CT molecular complexity index is 961. The minimum atomic E-state index is -0.653. The molecule has 0 aliphatic carbocycles. The summed E-state index contributed by atoms with van der Waals surface area (Å²) in [5.41, 5.74) is 8.33. The van der Waals surface area contributed by atoms with Gasteiger partial charge in [0.05, 0.1) is 29.2 Å². The number of anilines is 3. The summed E-state index contributed by atoms with van der Waals surface area (Å²) >= 11 is 0. The number of carbonyl (C=O) groups is 2. The molecular formula is C22H24N4O3. The molecule has 0 bridgehead atoms. The van der Waals surface area contributed by atoms with Crippen molar-refractivity contribution in [3.05, 3.63) is 65.4 Å². The normalized spacial score (nSPS) is 10.7. The van der Waals surface area contributed by atoms with Crippen LogP contribution in [0.3, 0.4) is 0 Å². The topological polar surface area (TPSA) is 117 Å². The van der Waals surface area contributed by atoms with Gasteiger partial charge in [0.2, 0.25) is 0 Å². The van der Waals surface area contributed by atoms with Gasteiger partial charge in [0.1, 0.15) is 11.6 Å². The summed E-state index contributed by atoms with van der Waals surface area (Å²) in [5, 5.41) is 14.8. The Kier molecular flexibility index (Phi) is 7.80. The lowest BCUT2D eigenvalue weighted by molar-refractivity contribution is -0.112. The second-order valence-corrected chi connectivity index (χ2v) is 6.39. The maximum Gasteiger partial charge on any atom is 0.340 e. The number of amides is 1. The lowest BCUT2D eigenvalue weighted by Gasteiger charge is -2.11. The molecule has 0 atom stereocenters. The quantitative estimate of drug-likeness (QED) is 0.206. The van der Waals surface area contributed by atoms with Crippen molar-refractivity contribution >= 4 is 28.9 Å². The number of nitrogens with one attached hydrogen (secondary N) is 2. The highest BCUT2D eigenvalue weighted by molar-refractivity contribution is 6.09. The molecule has 0 aromatic heterocycles. The monoisotopic (exact) mass is 392 g/mol. The fourth-order valence-electron chi connectivity index (χ4n) is 2.46. The molecule has 0 radical (unpaired) electrons. The van der Waals surface area contributed by atoms with E-state index in [9.17, 15) is 14.9 Å². The lowest BCUT2D eigenvalue weighted by Crippen LogP contribution is -2.18. The van der Waals surface area contributed by atoms with Crippen LogP contribution in [0.25, 0.3) is 0 Å². The highest BCUT2D eigenvalue weighted by Crippen LogP contribution is 2.20. The van der Waals surface area contributed by atoms with Crippen LogP contribution >= 0.6 is 0 Å². The Balaban J connectivity index is 2.13. The second-order valence-electron chi connectivity index (χ2n) is 6.39. The molecule has 0 unspecified atom stereocenters. The number of nitriles is 1. The smallest absolute Gasteiger partial charge is 0.340 e. The molecule has 0 saturated carbocycles. The van der Waals surface area contributed by atoms with Gasteiger partial charge >= 0.3 is 5.97 Å². The van der Waals surface area contributed by atoms with E-state index in [2.05, 4.69) is 10.6 Å². The van der Waals surface area contributed by atoms with E-state index in [1.165, 1.54) is 6.20 Å². The molecule has 150 valence electrons. The SMILES string of the molecule is CCCCOC(=O)c1ccccc1NC(=O)/C(C#N)=C\Nc1ccc(C)cc1N. The van der Waals surface area contributed by atoms with E-state index in [0.29, 0.717) is 18.0 Å². The number of rotatable bonds is 8. The number of carbonyl (C=O) groups excluding carboxylic acids is 2. The van der Waals surface area contributed by atoms with E-state index >= 15 is 0 Å². The number of hydrogen-bond acceptors (Lipinski definition) is 6. The van der Waals surface area contributed by atoms with E-state index in [0.717, 1.165) is 18.4 Å². The standard InChI is InChI=1S/C22H24N4O3/c1-3-4-11-29-22(28)17-7-5-6-8-19(17)26-21(27)16(13-23)14-25-20-10-9-15(2)12-18(20)24/h5-10,12,14,25H,3-4,11,24H2,1-2H3,(H,26,27)/b16-14-. The van der Waals surface area contributed by atoms with Crippen LogP contribution in [-0.2, 0) is 9.53 Å². The van der Waals surface area contributed by atoms with Crippen molar-refractivity contribution in [3.8, 4) is 6.07 Å². The third kappa shape index (κ3) is 6.11. The zero-order chi connectivity index (χ0) is 21.2. The van der Waals surface area contributed by atoms with E-state index in [-0.39, 0.29) is 16.8 Å². The summed E-state index contributed by atoms with van der Waals surface area (Å²) < 4.78 is 5.21. The van der Waals surface area contributed by atoms with Crippen LogP contribution < -0.4 is 16.4 Å². The van der Waals surface area contributed by atoms with Crippen molar-refractivity contribution in [1.29, 1.82) is 5.26 Å². The van der Waals surface area contributed by atoms with E-state index in [1.807, 2.05) is 26.0 Å². The van der Waals surface area contributed by atoms with Crippen LogP contribution in [0, 0.1) is 18.3 Å². The molecule has 29 heavy (non-hydrogen) atoms. The number of nitrogens with zero attached hydrogens (tertiary/aromatic N) is 1. The van der Waals surface area contributed by atoms with Gasteiger partial charge in [-0.25, -0.2) is 4.79 Å². The zero-order valence-electron chi connectivity index (χ0n) is 16.5. The zero-order valence-corrected chi connectivity index (χ0v) is 16.5. The predicted molar refractivity (Wildman–Crippen MR) is 113 cm³/mol. The van der Waals surface area contributed by atoms with Crippen molar-refractivity contribution in [2.75, 3.05) is 23.0 Å². The first-order valence-corrected chi connectivity index (χ1v) is 9.26. The molecule has 0 saturated heterocycles. The van der Waals surface area contributed by atoms with E-state index < -0.39 is 11.9 Å². The van der Waals surface area contributed by atoms with Crippen molar-refractivity contribution < 1.29 is 14.3 Å². The molecule has 7 heteroatoms. The van der Waals surface area contributed by atoms with Crippen LogP contribution in [0.4, 0.5) is 17.1 Å². The largest absolute Gasteiger partial charge is 0.462 e. The summed E-state index contributed by atoms with van der Waals surface area (Å²) in [4.78, 5) is 24.8. The molecular weight excluding hydrogens is 368 g/mol. The number of para-hydroxylation sites is 1. The minimum Gasteiger partial charge on any atom is -0.462 e. The van der Waals surface area contributed by atoms with Gasteiger partial charge in [-0.1, -0.05) is 31.5 Å². The average molecular weight is 392 g/mol. The van der Waals surface area contributed by atoms with Crippen molar-refractivity contribution in [2.24, 2.45) is 0 Å². The number of hydrogen-bond donors (Lipinski definition) is 3. The van der Waals surface area contributed by atoms with Gasteiger partial charge in [-0.2, -0.15) is 5.26 Å². The summed E-state index contributed by atoms with van der Waals surface area (Å²) in [6, 6.07) is 13.7. The third-order valence-electron chi connectivity index (χ3n) is 4.07. The number of nitrogen functional groups attached to an aromatic ring is 1. The summed E-state index contributed by atoms with van der Waals surface area (Å²) in [5.74, 6) is -1.18. The maximum absolute atomic E-state index is 12.5. The molecule has 0 fully saturated rings. The van der Waals surface area contributed by atoms with Crippen LogP contribution in [0.5, 0.6) is 0 Å². The maximum atomic E-state index is 12.5. The lowest BCUT2D eigenvalue weighted by atomic mass is 10.1. The molecule has 2 aromatic carbocycles. The van der Waals surface area contributed by atoms with Gasteiger partial charge in [0.15, 0.2) is 0 Å². The van der Waals surface area contributed by atoms with Crippen LogP contribution in [0.15, 0.2) is 54.2 Å². The Hall–Kier alpha value is -3.79. The van der Waals surface area contributed by atoms with E-state index in [1.54, 1.807) is 36.4 Å². The van der Waals surface area contributed by atoms with Crippen LogP contribution in [0.1, 0.15) is 35.7 Å². The second kappa shape index (κ2) is 10.5. The molecule has 0 aliphatic heterocycles. The molecule has 0 spiro atoms. The van der Waals surface area contributed by atoms with Crippen molar-refractivity contribution in [1.82, 2.24) is 0 Å². The van der Waals surface area contributed by atoms with Crippen molar-refractivity contribution in [3.63, 3.8) is 0 Å². The molecule has 7 nitrogen and oxygen atoms in total. The number of benzene rings is 2. The Morgan fingerprint density at radius 1 is 1.21 bits per heavy atom. The average Bonchev–Trinajstić information content (AvgIpc) is 2.70. The third-order valence-corrected chi connectivity index (χ3v) is 4.07. The predicted octanol–water partition coefficient (Wildman–Crippen LogP) is 3.99. The number of aryl methyl sites for hydroxylation is 1. The fourth-order valence-corrected chi connectivity index (χ4v) is 2.46. The Morgan fingerprint density at radius 2 is 1.97 bits per heavy atom. The number of esters is 1. The molecule has 0 heterocycles. The van der Waals surface area contributed by atoms with E-state index in [4.69, 9.17) is 10.5 Å².